The summed E-state index contributed by atoms with van der Waals surface area (Å²) in [4.78, 5) is 55.2. The third-order valence-corrected chi connectivity index (χ3v) is 8.95. The van der Waals surface area contributed by atoms with Crippen LogP contribution in [-0.4, -0.2) is 41.6 Å². The zero-order valence-electron chi connectivity index (χ0n) is 26.9. The molecule has 2 aromatic carbocycles. The molecule has 1 aliphatic carbocycles. The Kier molecular flexibility index (Phi) is 13.9. The topological polar surface area (TPSA) is 102 Å². The minimum absolute atomic E-state index is 0.00947. The van der Waals surface area contributed by atoms with Crippen LogP contribution < -0.4 is 5.32 Å². The monoisotopic (exact) mass is 618 g/mol. The summed E-state index contributed by atoms with van der Waals surface area (Å²) in [6.45, 7) is 2.36. The number of hydrogen-bond donors (Lipinski definition) is 1. The van der Waals surface area contributed by atoms with Gasteiger partial charge in [0.1, 0.15) is 12.6 Å². The molecule has 1 N–H and O–H groups in total. The Bertz CT molecular complexity index is 1220. The Labute approximate surface area is 268 Å². The molecular weight excluding hydrogens is 568 g/mol. The number of rotatable bonds is 20. The van der Waals surface area contributed by atoms with E-state index in [-0.39, 0.29) is 25.4 Å². The fourth-order valence-corrected chi connectivity index (χ4v) is 6.39. The van der Waals surface area contributed by atoms with E-state index in [1.54, 1.807) is 0 Å². The van der Waals surface area contributed by atoms with Gasteiger partial charge in [-0.25, -0.2) is 9.59 Å². The van der Waals surface area contributed by atoms with Crippen LogP contribution in [0.1, 0.15) is 133 Å². The van der Waals surface area contributed by atoms with Crippen LogP contribution in [0.5, 0.6) is 0 Å². The van der Waals surface area contributed by atoms with Crippen LogP contribution in [-0.2, 0) is 24.0 Å². The number of fused-ring (bicyclic) bond motifs is 3. The highest BCUT2D eigenvalue weighted by Gasteiger charge is 2.36. The molecule has 0 bridgehead atoms. The van der Waals surface area contributed by atoms with Crippen LogP contribution in [0.25, 0.3) is 11.1 Å². The normalized spacial score (nSPS) is 14.7. The van der Waals surface area contributed by atoms with Crippen molar-refractivity contribution in [1.29, 1.82) is 0 Å². The molecule has 0 aromatic heterocycles. The highest BCUT2D eigenvalue weighted by molar-refractivity contribution is 6.01. The Morgan fingerprint density at radius 1 is 0.733 bits per heavy atom. The van der Waals surface area contributed by atoms with Gasteiger partial charge in [-0.1, -0.05) is 145 Å². The summed E-state index contributed by atoms with van der Waals surface area (Å²) in [5.41, 5.74) is 4.44. The molecule has 8 nitrogen and oxygen atoms in total. The van der Waals surface area contributed by atoms with Crippen LogP contribution in [0.3, 0.4) is 0 Å². The molecule has 4 rings (SSSR count). The number of unbranched alkanes of at least 4 members (excludes halogenated alkanes) is 13. The van der Waals surface area contributed by atoms with Gasteiger partial charge in [0.2, 0.25) is 0 Å². The standard InChI is InChI=1S/C37H50N2O6/c1-2-3-4-5-6-7-8-9-10-11-12-13-14-15-24-33(36(42)45-39-34(40)25-26-35(39)41)38-37(43)44-27-32-30-22-18-16-20-28(30)29-21-17-19-23-31(29)32/h16-23,32-33H,2-15,24-27H2,1H3,(H,38,43). The molecule has 1 atom stereocenters. The van der Waals surface area contributed by atoms with Gasteiger partial charge in [0.15, 0.2) is 0 Å². The summed E-state index contributed by atoms with van der Waals surface area (Å²) in [6.07, 6.45) is 16.6. The molecule has 2 aromatic rings. The van der Waals surface area contributed by atoms with Gasteiger partial charge in [0.05, 0.1) is 0 Å². The fraction of sp³-hybridized carbons (Fsp3) is 0.568. The average Bonchev–Trinajstić information content (AvgIpc) is 3.54. The number of nitrogens with one attached hydrogen (secondary N) is 1. The molecule has 0 spiro atoms. The molecule has 1 fully saturated rings. The van der Waals surface area contributed by atoms with Crippen molar-refractivity contribution in [2.24, 2.45) is 0 Å². The molecule has 8 heteroatoms. The molecule has 1 unspecified atom stereocenters. The molecule has 3 amide bonds. The van der Waals surface area contributed by atoms with E-state index in [0.717, 1.165) is 41.5 Å². The zero-order chi connectivity index (χ0) is 31.9. The van der Waals surface area contributed by atoms with Gasteiger partial charge >= 0.3 is 12.1 Å². The molecule has 1 heterocycles. The van der Waals surface area contributed by atoms with Gasteiger partial charge in [-0.2, -0.15) is 0 Å². The molecule has 2 aliphatic rings. The highest BCUT2D eigenvalue weighted by Crippen LogP contribution is 2.44. The van der Waals surface area contributed by atoms with E-state index < -0.39 is 29.9 Å². The molecule has 0 radical (unpaired) electrons. The third kappa shape index (κ3) is 10.2. The molecule has 1 aliphatic heterocycles. The van der Waals surface area contributed by atoms with Crippen molar-refractivity contribution in [1.82, 2.24) is 10.4 Å². The molecular formula is C37H50N2O6. The van der Waals surface area contributed by atoms with E-state index in [2.05, 4.69) is 24.4 Å². The lowest BCUT2D eigenvalue weighted by Crippen LogP contribution is -2.45. The first-order valence-electron chi connectivity index (χ1n) is 17.2. The summed E-state index contributed by atoms with van der Waals surface area (Å²) in [5, 5.41) is 3.18. The summed E-state index contributed by atoms with van der Waals surface area (Å²) < 4.78 is 5.65. The fourth-order valence-electron chi connectivity index (χ4n) is 6.39. The lowest BCUT2D eigenvalue weighted by molar-refractivity contribution is -0.199. The maximum absolute atomic E-state index is 13.0. The second-order valence-corrected chi connectivity index (χ2v) is 12.4. The number of ether oxygens (including phenoxy) is 1. The Balaban J connectivity index is 1.21. The lowest BCUT2D eigenvalue weighted by Gasteiger charge is -2.21. The maximum atomic E-state index is 13.0. The summed E-state index contributed by atoms with van der Waals surface area (Å²) >= 11 is 0. The molecule has 1 saturated heterocycles. The number of hydrogen-bond acceptors (Lipinski definition) is 6. The van der Waals surface area contributed by atoms with E-state index in [1.807, 2.05) is 36.4 Å². The van der Waals surface area contributed by atoms with Gasteiger partial charge in [0.25, 0.3) is 11.8 Å². The summed E-state index contributed by atoms with van der Waals surface area (Å²) in [6, 6.07) is 15.1. The van der Waals surface area contributed by atoms with Gasteiger partial charge in [0, 0.05) is 18.8 Å². The number of carbonyl (C=O) groups excluding carboxylic acids is 4. The van der Waals surface area contributed by atoms with Crippen LogP contribution in [0.15, 0.2) is 48.5 Å². The van der Waals surface area contributed by atoms with Gasteiger partial charge < -0.3 is 14.9 Å². The van der Waals surface area contributed by atoms with Crippen LogP contribution in [0, 0.1) is 0 Å². The van der Waals surface area contributed by atoms with Gasteiger partial charge in [-0.05, 0) is 28.7 Å². The lowest BCUT2D eigenvalue weighted by atomic mass is 9.98. The Morgan fingerprint density at radius 2 is 1.20 bits per heavy atom. The van der Waals surface area contributed by atoms with E-state index in [1.165, 1.54) is 64.2 Å². The van der Waals surface area contributed by atoms with Crippen LogP contribution in [0.4, 0.5) is 4.79 Å². The number of amides is 3. The number of imide groups is 1. The first-order valence-corrected chi connectivity index (χ1v) is 17.2. The van der Waals surface area contributed by atoms with Crippen LogP contribution in [0.2, 0.25) is 0 Å². The first kappa shape index (κ1) is 34.2. The number of hydroxylamine groups is 2. The minimum Gasteiger partial charge on any atom is -0.449 e. The second kappa shape index (κ2) is 18.3. The van der Waals surface area contributed by atoms with E-state index in [9.17, 15) is 19.2 Å². The van der Waals surface area contributed by atoms with E-state index in [4.69, 9.17) is 9.57 Å². The third-order valence-electron chi connectivity index (χ3n) is 8.95. The van der Waals surface area contributed by atoms with Crippen molar-refractivity contribution in [2.45, 2.75) is 128 Å². The first-order chi connectivity index (χ1) is 22.0. The summed E-state index contributed by atoms with van der Waals surface area (Å²) in [7, 11) is 0. The van der Waals surface area contributed by atoms with Gasteiger partial charge in [-0.3, -0.25) is 9.59 Å². The minimum atomic E-state index is -1.03. The number of alkyl carbamates (subject to hydrolysis) is 1. The van der Waals surface area contributed by atoms with Gasteiger partial charge in [-0.15, -0.1) is 5.06 Å². The average molecular weight is 619 g/mol. The Hall–Kier alpha value is -3.68. The molecule has 244 valence electrons. The Morgan fingerprint density at radius 3 is 1.71 bits per heavy atom. The van der Waals surface area contributed by atoms with Crippen molar-refractivity contribution in [2.75, 3.05) is 6.61 Å². The predicted molar refractivity (Wildman–Crippen MR) is 174 cm³/mol. The van der Waals surface area contributed by atoms with E-state index in [0.29, 0.717) is 17.9 Å². The van der Waals surface area contributed by atoms with E-state index >= 15 is 0 Å². The zero-order valence-corrected chi connectivity index (χ0v) is 26.9. The summed E-state index contributed by atoms with van der Waals surface area (Å²) in [5.74, 6) is -2.05. The quantitative estimate of drug-likeness (QED) is 0.118. The van der Waals surface area contributed by atoms with Crippen molar-refractivity contribution in [3.05, 3.63) is 59.7 Å². The maximum Gasteiger partial charge on any atom is 0.407 e. The molecule has 45 heavy (non-hydrogen) atoms. The number of carbonyl (C=O) groups is 4. The smallest absolute Gasteiger partial charge is 0.407 e. The SMILES string of the molecule is CCCCCCCCCCCCCCCCC(NC(=O)OCC1c2ccccc2-c2ccccc21)C(=O)ON1C(=O)CCC1=O. The van der Waals surface area contributed by atoms with Crippen molar-refractivity contribution < 1.29 is 28.8 Å². The largest absolute Gasteiger partial charge is 0.449 e. The van der Waals surface area contributed by atoms with Crippen molar-refractivity contribution in [3.63, 3.8) is 0 Å². The molecule has 0 saturated carbocycles. The number of benzene rings is 2. The number of nitrogens with zero attached hydrogens (tertiary/aromatic N) is 1. The highest BCUT2D eigenvalue weighted by atomic mass is 16.7. The van der Waals surface area contributed by atoms with Crippen molar-refractivity contribution in [3.8, 4) is 11.1 Å². The second-order valence-electron chi connectivity index (χ2n) is 12.4. The van der Waals surface area contributed by atoms with Crippen LogP contribution >= 0.6 is 0 Å². The predicted octanol–water partition coefficient (Wildman–Crippen LogP) is 8.37. The van der Waals surface area contributed by atoms with Crippen molar-refractivity contribution >= 4 is 23.9 Å².